The van der Waals surface area contributed by atoms with Crippen LogP contribution < -0.4 is 49.5 Å². The number of rotatable bonds is 23. The number of hydrogen-bond acceptors (Lipinski definition) is 19. The van der Waals surface area contributed by atoms with E-state index in [-0.39, 0.29) is 30.4 Å². The average molecular weight is 619 g/mol. The van der Waals surface area contributed by atoms with Crippen molar-refractivity contribution in [1.29, 1.82) is 0 Å². The minimum absolute atomic E-state index is 0.0850. The molecule has 0 saturated carbocycles. The van der Waals surface area contributed by atoms with Gasteiger partial charge in [-0.05, 0) is 62.3 Å². The number of unbranched alkanes of at least 4 members (excludes halogenated alkanes) is 6. The SMILES string of the molecule is Nc1nc(N)nc(NCCCCCNc2nc(N)nc(NCCCCCNc3nc(N)nc(NCCCCCOF)n3)n2)n1. The van der Waals surface area contributed by atoms with Crippen molar-refractivity contribution in [2.75, 3.05) is 88.8 Å². The summed E-state index contributed by atoms with van der Waals surface area (Å²) in [6.07, 6.45) is 7.81. The van der Waals surface area contributed by atoms with Crippen LogP contribution in [0.2, 0.25) is 0 Å². The van der Waals surface area contributed by atoms with Gasteiger partial charge in [0.25, 0.3) is 0 Å². The molecule has 44 heavy (non-hydrogen) atoms. The van der Waals surface area contributed by atoms with Gasteiger partial charge >= 0.3 is 0 Å². The number of nitrogens with two attached hydrogens (primary N) is 4. The van der Waals surface area contributed by atoms with Crippen molar-refractivity contribution in [2.24, 2.45) is 0 Å². The Labute approximate surface area is 254 Å². The average Bonchev–Trinajstić information content (AvgIpc) is 2.97. The number of aromatic nitrogens is 9. The third kappa shape index (κ3) is 13.9. The van der Waals surface area contributed by atoms with Gasteiger partial charge in [0.1, 0.15) is 0 Å². The van der Waals surface area contributed by atoms with Crippen molar-refractivity contribution in [3.63, 3.8) is 0 Å². The summed E-state index contributed by atoms with van der Waals surface area (Å²) in [4.78, 5) is 40.5. The van der Waals surface area contributed by atoms with Crippen LogP contribution in [0.1, 0.15) is 57.8 Å². The molecule has 0 aromatic carbocycles. The van der Waals surface area contributed by atoms with Crippen LogP contribution in [0.5, 0.6) is 0 Å². The first-order chi connectivity index (χ1) is 21.4. The monoisotopic (exact) mass is 618 g/mol. The summed E-state index contributed by atoms with van der Waals surface area (Å²) >= 11 is 0. The second-order valence-corrected chi connectivity index (χ2v) is 9.69. The van der Waals surface area contributed by atoms with Crippen LogP contribution in [0, 0.1) is 0 Å². The molecule has 0 fully saturated rings. The van der Waals surface area contributed by atoms with Gasteiger partial charge in [-0.3, -0.25) is 0 Å². The fraction of sp³-hybridized carbons (Fsp3) is 0.625. The van der Waals surface area contributed by atoms with E-state index in [1.165, 1.54) is 0 Å². The first kappa shape index (κ1) is 33.6. The van der Waals surface area contributed by atoms with Crippen molar-refractivity contribution >= 4 is 53.5 Å². The Morgan fingerprint density at radius 1 is 0.386 bits per heavy atom. The Hall–Kier alpha value is -4.88. The maximum absolute atomic E-state index is 11.7. The van der Waals surface area contributed by atoms with E-state index in [1.54, 1.807) is 0 Å². The highest BCUT2D eigenvalue weighted by Gasteiger charge is 2.06. The highest BCUT2D eigenvalue weighted by atomic mass is 19.3. The van der Waals surface area contributed by atoms with Gasteiger partial charge in [-0.15, -0.1) is 0 Å². The lowest BCUT2D eigenvalue weighted by Crippen LogP contribution is -2.13. The summed E-state index contributed by atoms with van der Waals surface area (Å²) in [6.45, 7) is 3.47. The third-order valence-corrected chi connectivity index (χ3v) is 6.00. The van der Waals surface area contributed by atoms with Gasteiger partial charge in [-0.25, -0.2) is 0 Å². The fourth-order valence-electron chi connectivity index (χ4n) is 3.90. The van der Waals surface area contributed by atoms with E-state index in [1.807, 2.05) is 0 Å². The summed E-state index contributed by atoms with van der Waals surface area (Å²) in [6, 6.07) is 0. The van der Waals surface area contributed by atoms with Crippen LogP contribution >= 0.6 is 0 Å². The minimum atomic E-state index is 0.0850. The van der Waals surface area contributed by atoms with Crippen molar-refractivity contribution in [3.05, 3.63) is 0 Å². The maximum Gasteiger partial charge on any atom is 0.229 e. The molecule has 0 unspecified atom stereocenters. The highest BCUT2D eigenvalue weighted by molar-refractivity contribution is 5.41. The zero-order chi connectivity index (χ0) is 31.4. The first-order valence-electron chi connectivity index (χ1n) is 14.6. The summed E-state index contributed by atoms with van der Waals surface area (Å²) < 4.78 is 11.7. The van der Waals surface area contributed by atoms with Gasteiger partial charge < -0.3 is 49.5 Å². The van der Waals surface area contributed by atoms with Gasteiger partial charge in [0.15, 0.2) is 0 Å². The Balaban J connectivity index is 1.24. The second kappa shape index (κ2) is 19.3. The number of nitrogens with zero attached hydrogens (tertiary/aromatic N) is 9. The van der Waals surface area contributed by atoms with E-state index >= 15 is 0 Å². The normalized spacial score (nSPS) is 10.8. The number of hydrogen-bond donors (Lipinski definition) is 9. The Bertz CT molecular complexity index is 1230. The van der Waals surface area contributed by atoms with Crippen LogP contribution in [0.3, 0.4) is 0 Å². The van der Waals surface area contributed by atoms with E-state index in [0.29, 0.717) is 68.9 Å². The summed E-state index contributed by atoms with van der Waals surface area (Å²) in [5.74, 6) is 2.48. The number of anilines is 9. The zero-order valence-electron chi connectivity index (χ0n) is 24.7. The van der Waals surface area contributed by atoms with E-state index in [9.17, 15) is 4.53 Å². The Morgan fingerprint density at radius 3 is 0.977 bits per heavy atom. The van der Waals surface area contributed by atoms with Crippen LogP contribution in [0.25, 0.3) is 0 Å². The molecule has 3 heterocycles. The molecule has 0 saturated heterocycles. The van der Waals surface area contributed by atoms with Crippen LogP contribution in [-0.2, 0) is 4.94 Å². The molecule has 3 aromatic rings. The van der Waals surface area contributed by atoms with Crippen LogP contribution in [0.15, 0.2) is 0 Å². The van der Waals surface area contributed by atoms with Crippen molar-refractivity contribution < 1.29 is 9.47 Å². The molecule has 0 aliphatic heterocycles. The minimum Gasteiger partial charge on any atom is -0.368 e. The molecule has 0 amide bonds. The number of halogens is 1. The van der Waals surface area contributed by atoms with Crippen molar-refractivity contribution in [1.82, 2.24) is 44.9 Å². The van der Waals surface area contributed by atoms with Crippen LogP contribution in [-0.4, -0.2) is 84.2 Å². The van der Waals surface area contributed by atoms with Crippen molar-refractivity contribution in [3.8, 4) is 0 Å². The van der Waals surface area contributed by atoms with Gasteiger partial charge in [0.05, 0.1) is 6.61 Å². The molecule has 0 bridgehead atoms. The van der Waals surface area contributed by atoms with E-state index < -0.39 is 0 Å². The number of nitrogen functional groups attached to an aromatic ring is 4. The molecule has 0 spiro atoms. The van der Waals surface area contributed by atoms with E-state index in [4.69, 9.17) is 22.9 Å². The molecule has 0 radical (unpaired) electrons. The molecular weight excluding hydrogens is 575 g/mol. The predicted molar refractivity (Wildman–Crippen MR) is 168 cm³/mol. The molecule has 0 atom stereocenters. The third-order valence-electron chi connectivity index (χ3n) is 6.00. The molecule has 3 rings (SSSR count). The Kier molecular flexibility index (Phi) is 14.8. The zero-order valence-corrected chi connectivity index (χ0v) is 24.7. The predicted octanol–water partition coefficient (Wildman–Crippen LogP) is 1.44. The molecule has 242 valence electrons. The largest absolute Gasteiger partial charge is 0.368 e. The quantitative estimate of drug-likeness (QED) is 0.0679. The first-order valence-corrected chi connectivity index (χ1v) is 14.6. The maximum atomic E-state index is 11.7. The molecule has 13 N–H and O–H groups in total. The number of nitrogens with one attached hydrogen (secondary N) is 5. The fourth-order valence-corrected chi connectivity index (χ4v) is 3.90. The van der Waals surface area contributed by atoms with Gasteiger partial charge in [-0.2, -0.15) is 49.8 Å². The van der Waals surface area contributed by atoms with E-state index in [2.05, 4.69) is 76.4 Å². The Morgan fingerprint density at radius 2 is 0.659 bits per heavy atom. The van der Waals surface area contributed by atoms with Gasteiger partial charge in [0.2, 0.25) is 53.5 Å². The van der Waals surface area contributed by atoms with E-state index in [0.717, 1.165) is 51.4 Å². The van der Waals surface area contributed by atoms with Gasteiger partial charge in [-0.1, -0.05) is 0 Å². The summed E-state index contributed by atoms with van der Waals surface area (Å²) in [7, 11) is 0. The molecule has 20 heteroatoms. The molecule has 3 aromatic heterocycles. The molecular formula is C24H43FN18O. The standard InChI is InChI=1S/C24H43FN18O/c25-44-15-9-3-8-14-34-24-41-19(29)40-23(43-24)33-13-7-2-6-12-32-22-39-18(28)38-21(42-22)31-11-5-1-4-10-30-20-36-16(26)35-17(27)37-20/h1-15H2,(H5,26,27,30,35,36,37)(H4,28,31,32,38,39,42)(H4,29,33,34,40,41,43). The lowest BCUT2D eigenvalue weighted by Gasteiger charge is -2.10. The molecule has 0 aliphatic carbocycles. The molecule has 0 aliphatic rings. The molecule has 19 nitrogen and oxygen atoms in total. The lowest BCUT2D eigenvalue weighted by atomic mass is 10.2. The smallest absolute Gasteiger partial charge is 0.229 e. The second-order valence-electron chi connectivity index (χ2n) is 9.69. The topological polar surface area (TPSA) is 289 Å². The van der Waals surface area contributed by atoms with Crippen molar-refractivity contribution in [2.45, 2.75) is 57.8 Å². The summed E-state index contributed by atoms with van der Waals surface area (Å²) in [5, 5.41) is 15.7. The summed E-state index contributed by atoms with van der Waals surface area (Å²) in [5.41, 5.74) is 22.8. The van der Waals surface area contributed by atoms with Gasteiger partial charge in [0, 0.05) is 32.7 Å². The lowest BCUT2D eigenvalue weighted by molar-refractivity contribution is -0.132. The highest BCUT2D eigenvalue weighted by Crippen LogP contribution is 2.10. The van der Waals surface area contributed by atoms with Crippen LogP contribution in [0.4, 0.5) is 58.1 Å².